The lowest BCUT2D eigenvalue weighted by Crippen LogP contribution is -2.08. The average Bonchev–Trinajstić information content (AvgIpc) is 2.36. The van der Waals surface area contributed by atoms with E-state index >= 15 is 0 Å². The summed E-state index contributed by atoms with van der Waals surface area (Å²) < 4.78 is 0. The van der Waals surface area contributed by atoms with Crippen LogP contribution in [0.4, 0.5) is 0 Å². The standard InChI is InChI=1S/C17H20O2/c1-13-4-2-5-14(10-13)8-9-15-6-3-7-16(11-15)12-17(18)19/h2-7,10-11,17-19H,8-9,12H2,1H3. The molecule has 100 valence electrons. The Morgan fingerprint density at radius 2 is 1.42 bits per heavy atom. The van der Waals surface area contributed by atoms with E-state index in [2.05, 4.69) is 43.3 Å². The van der Waals surface area contributed by atoms with E-state index in [0.717, 1.165) is 18.4 Å². The summed E-state index contributed by atoms with van der Waals surface area (Å²) in [5, 5.41) is 18.0. The molecule has 0 heterocycles. The van der Waals surface area contributed by atoms with Gasteiger partial charge in [0.25, 0.3) is 0 Å². The third-order valence-electron chi connectivity index (χ3n) is 3.19. The molecule has 0 unspecified atom stereocenters. The first kappa shape index (κ1) is 13.8. The normalized spacial score (nSPS) is 10.9. The molecule has 0 spiro atoms. The maximum Gasteiger partial charge on any atom is 0.155 e. The minimum atomic E-state index is -1.27. The fraction of sp³-hybridized carbons (Fsp3) is 0.294. The van der Waals surface area contributed by atoms with Gasteiger partial charge >= 0.3 is 0 Å². The smallest absolute Gasteiger partial charge is 0.155 e. The quantitative estimate of drug-likeness (QED) is 0.807. The highest BCUT2D eigenvalue weighted by atomic mass is 16.5. The fourth-order valence-corrected chi connectivity index (χ4v) is 2.28. The molecule has 0 bridgehead atoms. The van der Waals surface area contributed by atoms with Crippen LogP contribution in [-0.2, 0) is 19.3 Å². The number of aryl methyl sites for hydroxylation is 3. The molecule has 0 aromatic heterocycles. The Morgan fingerprint density at radius 1 is 0.842 bits per heavy atom. The Morgan fingerprint density at radius 3 is 2.05 bits per heavy atom. The molecule has 2 N–H and O–H groups in total. The highest BCUT2D eigenvalue weighted by Gasteiger charge is 2.02. The summed E-state index contributed by atoms with van der Waals surface area (Å²) in [6.45, 7) is 2.10. The van der Waals surface area contributed by atoms with E-state index in [1.165, 1.54) is 16.7 Å². The Bertz CT molecular complexity index is 532. The maximum atomic E-state index is 8.99. The Labute approximate surface area is 114 Å². The van der Waals surface area contributed by atoms with Crippen molar-refractivity contribution in [3.63, 3.8) is 0 Å². The number of aliphatic hydroxyl groups is 2. The first-order chi connectivity index (χ1) is 9.13. The fourth-order valence-electron chi connectivity index (χ4n) is 2.28. The highest BCUT2D eigenvalue weighted by molar-refractivity contribution is 5.27. The molecule has 0 saturated heterocycles. The lowest BCUT2D eigenvalue weighted by molar-refractivity contribution is -0.0381. The van der Waals surface area contributed by atoms with Crippen LogP contribution >= 0.6 is 0 Å². The molecule has 2 heteroatoms. The second-order valence-electron chi connectivity index (χ2n) is 4.99. The molecular weight excluding hydrogens is 236 g/mol. The predicted octanol–water partition coefficient (Wildman–Crippen LogP) is 2.63. The second-order valence-corrected chi connectivity index (χ2v) is 4.99. The van der Waals surface area contributed by atoms with Crippen LogP contribution in [0.5, 0.6) is 0 Å². The summed E-state index contributed by atoms with van der Waals surface area (Å²) in [6.07, 6.45) is 0.996. The van der Waals surface area contributed by atoms with Crippen molar-refractivity contribution in [1.82, 2.24) is 0 Å². The van der Waals surface area contributed by atoms with Crippen molar-refractivity contribution < 1.29 is 10.2 Å². The molecule has 2 aromatic rings. The van der Waals surface area contributed by atoms with Crippen molar-refractivity contribution in [2.24, 2.45) is 0 Å². The van der Waals surface area contributed by atoms with Crippen LogP contribution in [0.1, 0.15) is 22.3 Å². The zero-order chi connectivity index (χ0) is 13.7. The molecule has 2 aromatic carbocycles. The Hall–Kier alpha value is -1.64. The predicted molar refractivity (Wildman–Crippen MR) is 77.0 cm³/mol. The van der Waals surface area contributed by atoms with Gasteiger partial charge in [-0.2, -0.15) is 0 Å². The summed E-state index contributed by atoms with van der Waals surface area (Å²) in [6, 6.07) is 16.6. The van der Waals surface area contributed by atoms with E-state index < -0.39 is 6.29 Å². The zero-order valence-electron chi connectivity index (χ0n) is 11.2. The van der Waals surface area contributed by atoms with Gasteiger partial charge in [0, 0.05) is 6.42 Å². The van der Waals surface area contributed by atoms with Crippen LogP contribution < -0.4 is 0 Å². The van der Waals surface area contributed by atoms with E-state index in [9.17, 15) is 0 Å². The average molecular weight is 256 g/mol. The van der Waals surface area contributed by atoms with Gasteiger partial charge in [0.15, 0.2) is 6.29 Å². The molecular formula is C17H20O2. The lowest BCUT2D eigenvalue weighted by atomic mass is 10.0. The molecule has 0 aliphatic carbocycles. The van der Waals surface area contributed by atoms with Crippen molar-refractivity contribution in [3.8, 4) is 0 Å². The van der Waals surface area contributed by atoms with Gasteiger partial charge in [0.05, 0.1) is 0 Å². The first-order valence-corrected chi connectivity index (χ1v) is 6.63. The maximum absolute atomic E-state index is 8.99. The topological polar surface area (TPSA) is 40.5 Å². The van der Waals surface area contributed by atoms with Gasteiger partial charge in [-0.1, -0.05) is 54.1 Å². The molecule has 0 radical (unpaired) electrons. The Kier molecular flexibility index (Phi) is 4.72. The van der Waals surface area contributed by atoms with Crippen LogP contribution in [0.3, 0.4) is 0 Å². The van der Waals surface area contributed by atoms with Crippen LogP contribution in [0, 0.1) is 6.92 Å². The molecule has 2 nitrogen and oxygen atoms in total. The first-order valence-electron chi connectivity index (χ1n) is 6.63. The van der Waals surface area contributed by atoms with Gasteiger partial charge in [0.2, 0.25) is 0 Å². The van der Waals surface area contributed by atoms with Crippen molar-refractivity contribution in [1.29, 1.82) is 0 Å². The van der Waals surface area contributed by atoms with E-state index in [-0.39, 0.29) is 6.42 Å². The molecule has 2 rings (SSSR count). The third kappa shape index (κ3) is 4.51. The number of hydrogen-bond acceptors (Lipinski definition) is 2. The monoisotopic (exact) mass is 256 g/mol. The van der Waals surface area contributed by atoms with E-state index in [1.807, 2.05) is 12.1 Å². The highest BCUT2D eigenvalue weighted by Crippen LogP contribution is 2.12. The number of aliphatic hydroxyl groups excluding tert-OH is 1. The lowest BCUT2D eigenvalue weighted by Gasteiger charge is -2.07. The van der Waals surface area contributed by atoms with E-state index in [0.29, 0.717) is 0 Å². The van der Waals surface area contributed by atoms with Crippen LogP contribution in [0.15, 0.2) is 48.5 Å². The number of benzene rings is 2. The molecule has 0 aliphatic heterocycles. The van der Waals surface area contributed by atoms with Gasteiger partial charge in [-0.25, -0.2) is 0 Å². The van der Waals surface area contributed by atoms with Crippen LogP contribution in [0.25, 0.3) is 0 Å². The second kappa shape index (κ2) is 6.50. The van der Waals surface area contributed by atoms with Crippen molar-refractivity contribution in [2.45, 2.75) is 32.5 Å². The summed E-state index contributed by atoms with van der Waals surface area (Å²) >= 11 is 0. The summed E-state index contributed by atoms with van der Waals surface area (Å²) in [7, 11) is 0. The third-order valence-corrected chi connectivity index (χ3v) is 3.19. The minimum absolute atomic E-state index is 0.290. The summed E-state index contributed by atoms with van der Waals surface area (Å²) in [5.41, 5.74) is 4.83. The van der Waals surface area contributed by atoms with Gasteiger partial charge in [0.1, 0.15) is 0 Å². The summed E-state index contributed by atoms with van der Waals surface area (Å²) in [5.74, 6) is 0. The van der Waals surface area contributed by atoms with Crippen molar-refractivity contribution in [3.05, 3.63) is 70.8 Å². The number of rotatable bonds is 5. The zero-order valence-corrected chi connectivity index (χ0v) is 11.2. The van der Waals surface area contributed by atoms with Crippen molar-refractivity contribution in [2.75, 3.05) is 0 Å². The summed E-state index contributed by atoms with van der Waals surface area (Å²) in [4.78, 5) is 0. The van der Waals surface area contributed by atoms with Gasteiger partial charge in [-0.3, -0.25) is 0 Å². The molecule has 19 heavy (non-hydrogen) atoms. The molecule has 0 atom stereocenters. The van der Waals surface area contributed by atoms with E-state index in [1.54, 1.807) is 0 Å². The molecule has 0 saturated carbocycles. The molecule has 0 amide bonds. The van der Waals surface area contributed by atoms with Gasteiger partial charge in [-0.15, -0.1) is 0 Å². The van der Waals surface area contributed by atoms with Crippen LogP contribution in [-0.4, -0.2) is 16.5 Å². The van der Waals surface area contributed by atoms with Gasteiger partial charge < -0.3 is 10.2 Å². The minimum Gasteiger partial charge on any atom is -0.368 e. The SMILES string of the molecule is Cc1cccc(CCc2cccc(CC(O)O)c2)c1. The molecule has 0 aliphatic rings. The molecule has 0 fully saturated rings. The van der Waals surface area contributed by atoms with E-state index in [4.69, 9.17) is 10.2 Å². The van der Waals surface area contributed by atoms with Crippen LogP contribution in [0.2, 0.25) is 0 Å². The largest absolute Gasteiger partial charge is 0.368 e. The Balaban J connectivity index is 1.99. The number of hydrogen-bond donors (Lipinski definition) is 2. The van der Waals surface area contributed by atoms with Crippen molar-refractivity contribution >= 4 is 0 Å². The van der Waals surface area contributed by atoms with Gasteiger partial charge in [-0.05, 0) is 36.5 Å².